The van der Waals surface area contributed by atoms with Crippen LogP contribution in [0.15, 0.2) is 24.3 Å². The lowest BCUT2D eigenvalue weighted by molar-refractivity contribution is -0.0592. The summed E-state index contributed by atoms with van der Waals surface area (Å²) in [6.07, 6.45) is 4.23. The molecule has 0 aromatic heterocycles. The van der Waals surface area contributed by atoms with Crippen LogP contribution in [0.5, 0.6) is 5.75 Å². The molecule has 0 N–H and O–H groups in total. The maximum atomic E-state index is 5.96. The molecule has 0 aliphatic carbocycles. The van der Waals surface area contributed by atoms with Gasteiger partial charge in [-0.15, -0.1) is 0 Å². The van der Waals surface area contributed by atoms with Gasteiger partial charge in [0.1, 0.15) is 5.75 Å². The van der Waals surface area contributed by atoms with Gasteiger partial charge >= 0.3 is 0 Å². The molecular formula is C22H38O2. The summed E-state index contributed by atoms with van der Waals surface area (Å²) >= 11 is 0. The predicted molar refractivity (Wildman–Crippen MR) is 104 cm³/mol. The van der Waals surface area contributed by atoms with Crippen LogP contribution in [0.25, 0.3) is 0 Å². The Hall–Kier alpha value is -1.02. The molecule has 0 saturated carbocycles. The van der Waals surface area contributed by atoms with Crippen LogP contribution >= 0.6 is 0 Å². The zero-order valence-corrected chi connectivity index (χ0v) is 17.1. The Morgan fingerprint density at radius 3 is 1.96 bits per heavy atom. The molecule has 2 unspecified atom stereocenters. The van der Waals surface area contributed by atoms with Gasteiger partial charge in [-0.25, -0.2) is 0 Å². The molecule has 0 spiro atoms. The van der Waals surface area contributed by atoms with Gasteiger partial charge in [-0.1, -0.05) is 67.0 Å². The number of benzene rings is 1. The molecule has 1 aromatic carbocycles. The smallest absolute Gasteiger partial charge is 0.199 e. The Morgan fingerprint density at radius 2 is 1.54 bits per heavy atom. The Bertz CT molecular complexity index is 462. The van der Waals surface area contributed by atoms with E-state index in [4.69, 9.17) is 9.47 Å². The highest BCUT2D eigenvalue weighted by Crippen LogP contribution is 2.43. The highest BCUT2D eigenvalue weighted by molar-refractivity contribution is 5.30. The van der Waals surface area contributed by atoms with E-state index >= 15 is 0 Å². The van der Waals surface area contributed by atoms with Gasteiger partial charge in [0.2, 0.25) is 0 Å². The summed E-state index contributed by atoms with van der Waals surface area (Å²) in [6, 6.07) is 8.64. The van der Waals surface area contributed by atoms with Crippen molar-refractivity contribution in [3.63, 3.8) is 0 Å². The molecule has 0 bridgehead atoms. The minimum Gasteiger partial charge on any atom is -0.465 e. The van der Waals surface area contributed by atoms with Gasteiger partial charge in [0.25, 0.3) is 0 Å². The maximum absolute atomic E-state index is 5.96. The Balaban J connectivity index is 2.86. The summed E-state index contributed by atoms with van der Waals surface area (Å²) in [5.41, 5.74) is 1.95. The van der Waals surface area contributed by atoms with E-state index < -0.39 is 0 Å². The molecule has 0 aliphatic rings. The van der Waals surface area contributed by atoms with Crippen molar-refractivity contribution in [2.24, 2.45) is 10.8 Å². The Labute approximate surface area is 149 Å². The largest absolute Gasteiger partial charge is 0.465 e. The average Bonchev–Trinajstić information content (AvgIpc) is 2.48. The second kappa shape index (κ2) is 8.89. The lowest BCUT2D eigenvalue weighted by atomic mass is 9.69. The number of methoxy groups -OCH3 is 1. The molecule has 0 aliphatic heterocycles. The van der Waals surface area contributed by atoms with E-state index in [1.165, 1.54) is 12.0 Å². The zero-order chi connectivity index (χ0) is 18.4. The average molecular weight is 335 g/mol. The maximum Gasteiger partial charge on any atom is 0.199 e. The first kappa shape index (κ1) is 21.0. The Morgan fingerprint density at radius 1 is 0.958 bits per heavy atom. The van der Waals surface area contributed by atoms with Crippen molar-refractivity contribution in [1.82, 2.24) is 0 Å². The summed E-state index contributed by atoms with van der Waals surface area (Å²) in [5.74, 6) is 1.43. The zero-order valence-electron chi connectivity index (χ0n) is 17.1. The van der Waals surface area contributed by atoms with Crippen molar-refractivity contribution >= 4 is 0 Å². The first-order chi connectivity index (χ1) is 11.1. The minimum absolute atomic E-state index is 0.149. The summed E-state index contributed by atoms with van der Waals surface area (Å²) in [4.78, 5) is 0. The molecular weight excluding hydrogens is 296 g/mol. The highest BCUT2D eigenvalue weighted by Gasteiger charge is 2.30. The SMILES string of the molecule is CCCCC(OC)Oc1ccc(C(CC(C)(C)C)C(C)(C)C)cc1. The molecule has 2 atom stereocenters. The molecule has 24 heavy (non-hydrogen) atoms. The van der Waals surface area contributed by atoms with E-state index in [0.717, 1.165) is 25.0 Å². The summed E-state index contributed by atoms with van der Waals surface area (Å²) < 4.78 is 11.4. The fourth-order valence-corrected chi connectivity index (χ4v) is 3.06. The monoisotopic (exact) mass is 334 g/mol. The third kappa shape index (κ3) is 7.25. The fraction of sp³-hybridized carbons (Fsp3) is 0.727. The first-order valence-corrected chi connectivity index (χ1v) is 9.36. The number of ether oxygens (including phenoxy) is 2. The fourth-order valence-electron chi connectivity index (χ4n) is 3.06. The van der Waals surface area contributed by atoms with E-state index in [2.05, 4.69) is 72.7 Å². The molecule has 1 aromatic rings. The molecule has 0 saturated heterocycles. The molecule has 2 heteroatoms. The van der Waals surface area contributed by atoms with Crippen LogP contribution in [0, 0.1) is 10.8 Å². The Kier molecular flexibility index (Phi) is 7.79. The summed E-state index contributed by atoms with van der Waals surface area (Å²) in [6.45, 7) is 16.1. The van der Waals surface area contributed by atoms with Crippen molar-refractivity contribution in [2.45, 2.75) is 86.4 Å². The number of rotatable bonds is 8. The van der Waals surface area contributed by atoms with Crippen molar-refractivity contribution in [1.29, 1.82) is 0 Å². The quantitative estimate of drug-likeness (QED) is 0.487. The van der Waals surface area contributed by atoms with E-state index in [1.54, 1.807) is 7.11 Å². The molecule has 1 rings (SSSR count). The second-order valence-electron chi connectivity index (χ2n) is 9.18. The lowest BCUT2D eigenvalue weighted by Gasteiger charge is -2.36. The molecule has 0 radical (unpaired) electrons. The van der Waals surface area contributed by atoms with E-state index in [9.17, 15) is 0 Å². The molecule has 0 amide bonds. The number of unbranched alkanes of at least 4 members (excludes halogenated alkanes) is 1. The van der Waals surface area contributed by atoms with Gasteiger partial charge in [-0.2, -0.15) is 0 Å². The van der Waals surface area contributed by atoms with Crippen LogP contribution in [0.3, 0.4) is 0 Å². The van der Waals surface area contributed by atoms with Crippen molar-refractivity contribution in [2.75, 3.05) is 7.11 Å². The van der Waals surface area contributed by atoms with Crippen LogP contribution in [0.2, 0.25) is 0 Å². The standard InChI is InChI=1S/C22H38O2/c1-9-10-11-20(23-8)24-18-14-12-17(13-15-18)19(22(5,6)7)16-21(2,3)4/h12-15,19-20H,9-11,16H2,1-8H3. The summed E-state index contributed by atoms with van der Waals surface area (Å²) in [7, 11) is 1.72. The third-order valence-corrected chi connectivity index (χ3v) is 4.47. The van der Waals surface area contributed by atoms with Gasteiger partial charge in [-0.05, 0) is 47.3 Å². The van der Waals surface area contributed by atoms with Crippen LogP contribution in [0.4, 0.5) is 0 Å². The minimum atomic E-state index is -0.149. The lowest BCUT2D eigenvalue weighted by Crippen LogP contribution is -2.24. The second-order valence-corrected chi connectivity index (χ2v) is 9.18. The normalized spacial score (nSPS) is 15.2. The van der Waals surface area contributed by atoms with Crippen molar-refractivity contribution in [3.05, 3.63) is 29.8 Å². The van der Waals surface area contributed by atoms with Crippen LogP contribution < -0.4 is 4.74 Å². The van der Waals surface area contributed by atoms with E-state index in [1.807, 2.05) is 0 Å². The molecule has 138 valence electrons. The van der Waals surface area contributed by atoms with Crippen LogP contribution in [0.1, 0.15) is 85.6 Å². The van der Waals surface area contributed by atoms with Gasteiger partial charge in [-0.3, -0.25) is 0 Å². The van der Waals surface area contributed by atoms with E-state index in [-0.39, 0.29) is 11.7 Å². The van der Waals surface area contributed by atoms with Gasteiger partial charge < -0.3 is 9.47 Å². The number of hydrogen-bond donors (Lipinski definition) is 0. The van der Waals surface area contributed by atoms with Crippen molar-refractivity contribution in [3.8, 4) is 5.75 Å². The third-order valence-electron chi connectivity index (χ3n) is 4.47. The van der Waals surface area contributed by atoms with Crippen molar-refractivity contribution < 1.29 is 9.47 Å². The van der Waals surface area contributed by atoms with E-state index in [0.29, 0.717) is 11.3 Å². The topological polar surface area (TPSA) is 18.5 Å². The van der Waals surface area contributed by atoms with Crippen LogP contribution in [-0.4, -0.2) is 13.4 Å². The molecule has 0 fully saturated rings. The summed E-state index contributed by atoms with van der Waals surface area (Å²) in [5, 5.41) is 0. The van der Waals surface area contributed by atoms with Crippen LogP contribution in [-0.2, 0) is 4.74 Å². The van der Waals surface area contributed by atoms with Gasteiger partial charge in [0.05, 0.1) is 0 Å². The predicted octanol–water partition coefficient (Wildman–Crippen LogP) is 6.79. The van der Waals surface area contributed by atoms with Gasteiger partial charge in [0, 0.05) is 13.5 Å². The molecule has 2 nitrogen and oxygen atoms in total. The highest BCUT2D eigenvalue weighted by atomic mass is 16.7. The number of hydrogen-bond acceptors (Lipinski definition) is 2. The first-order valence-electron chi connectivity index (χ1n) is 9.36. The molecule has 0 heterocycles. The van der Waals surface area contributed by atoms with Gasteiger partial charge in [0.15, 0.2) is 6.29 Å².